The fourth-order valence-corrected chi connectivity index (χ4v) is 4.29. The molecule has 1 aliphatic rings. The summed E-state index contributed by atoms with van der Waals surface area (Å²) >= 11 is 6.21. The van der Waals surface area contributed by atoms with Crippen molar-refractivity contribution in [2.45, 2.75) is 0 Å². The fraction of sp³-hybridized carbons (Fsp3) is 0.185. The van der Waals surface area contributed by atoms with Crippen molar-refractivity contribution in [2.24, 2.45) is 0 Å². The van der Waals surface area contributed by atoms with E-state index in [-0.39, 0.29) is 11.5 Å². The van der Waals surface area contributed by atoms with Crippen LogP contribution in [0.25, 0.3) is 11.0 Å². The highest BCUT2D eigenvalue weighted by atomic mass is 35.5. The van der Waals surface area contributed by atoms with Gasteiger partial charge in [0.1, 0.15) is 0 Å². The van der Waals surface area contributed by atoms with Gasteiger partial charge in [-0.15, -0.1) is 0 Å². The highest BCUT2D eigenvalue weighted by Crippen LogP contribution is 2.27. The number of para-hydroxylation sites is 2. The molecule has 1 N–H and O–H groups in total. The first-order valence-electron chi connectivity index (χ1n) is 11.4. The van der Waals surface area contributed by atoms with Crippen LogP contribution in [0.5, 0.6) is 0 Å². The Hall–Kier alpha value is -3.81. The number of hydrogen-bond acceptors (Lipinski definition) is 6. The van der Waals surface area contributed by atoms with Crippen LogP contribution in [0, 0.1) is 0 Å². The molecular formula is C27H24ClN5O2. The number of likely N-dealkylation sites (N-methyl/N-ethyl adjacent to an activating group) is 1. The number of rotatable bonds is 5. The smallest absolute Gasteiger partial charge is 0.278 e. The Morgan fingerprint density at radius 2 is 1.51 bits per heavy atom. The summed E-state index contributed by atoms with van der Waals surface area (Å²) in [5.74, 6) is -0.117. The lowest BCUT2D eigenvalue weighted by Crippen LogP contribution is -2.45. The molecule has 0 aliphatic carbocycles. The maximum atomic E-state index is 13.6. The van der Waals surface area contributed by atoms with Gasteiger partial charge in [0.05, 0.1) is 16.7 Å². The molecule has 0 radical (unpaired) electrons. The minimum Gasteiger partial charge on any atom is -0.352 e. The van der Waals surface area contributed by atoms with Crippen LogP contribution in [0.4, 0.5) is 11.5 Å². The number of hydrogen-bond donors (Lipinski definition) is 1. The Morgan fingerprint density at radius 1 is 0.857 bits per heavy atom. The van der Waals surface area contributed by atoms with E-state index in [0.717, 1.165) is 31.7 Å². The van der Waals surface area contributed by atoms with Gasteiger partial charge in [0.25, 0.3) is 5.91 Å². The molecule has 0 spiro atoms. The average Bonchev–Trinajstić information content (AvgIpc) is 2.89. The minimum atomic E-state index is -0.429. The lowest BCUT2D eigenvalue weighted by Gasteiger charge is -2.33. The number of nitrogens with one attached hydrogen (secondary N) is 1. The van der Waals surface area contributed by atoms with E-state index in [9.17, 15) is 9.59 Å². The summed E-state index contributed by atoms with van der Waals surface area (Å²) in [6, 6.07) is 21.2. The largest absolute Gasteiger partial charge is 0.352 e. The van der Waals surface area contributed by atoms with Gasteiger partial charge in [0.2, 0.25) is 0 Å². The van der Waals surface area contributed by atoms with Crippen molar-refractivity contribution < 1.29 is 9.59 Å². The number of nitrogens with zero attached hydrogens (tertiary/aromatic N) is 4. The molecule has 7 nitrogen and oxygen atoms in total. The molecule has 5 rings (SSSR count). The van der Waals surface area contributed by atoms with Crippen LogP contribution in [0.3, 0.4) is 0 Å². The lowest BCUT2D eigenvalue weighted by atomic mass is 10.0. The molecule has 0 saturated carbocycles. The van der Waals surface area contributed by atoms with Crippen molar-refractivity contribution in [3.05, 3.63) is 94.6 Å². The summed E-state index contributed by atoms with van der Waals surface area (Å²) in [7, 11) is 2.07. The van der Waals surface area contributed by atoms with Gasteiger partial charge >= 0.3 is 0 Å². The number of carbonyl (C=O) groups excluding carboxylic acids is 2. The molecule has 0 atom stereocenters. The van der Waals surface area contributed by atoms with Crippen molar-refractivity contribution in [2.75, 3.05) is 43.4 Å². The van der Waals surface area contributed by atoms with E-state index in [1.54, 1.807) is 42.5 Å². The van der Waals surface area contributed by atoms with E-state index >= 15 is 0 Å². The van der Waals surface area contributed by atoms with E-state index in [0.29, 0.717) is 33.2 Å². The monoisotopic (exact) mass is 485 g/mol. The third kappa shape index (κ3) is 4.87. The highest BCUT2D eigenvalue weighted by Gasteiger charge is 2.25. The number of aromatic nitrogens is 2. The van der Waals surface area contributed by atoms with Gasteiger partial charge in [0, 0.05) is 42.3 Å². The Labute approximate surface area is 208 Å². The minimum absolute atomic E-state index is 0.223. The van der Waals surface area contributed by atoms with E-state index in [4.69, 9.17) is 16.6 Å². The van der Waals surface area contributed by atoms with Crippen molar-refractivity contribution in [1.29, 1.82) is 0 Å². The number of piperazine rings is 1. The molecule has 1 amide bonds. The number of fused-ring (bicyclic) bond motifs is 1. The number of anilines is 2. The first kappa shape index (κ1) is 23.0. The van der Waals surface area contributed by atoms with Gasteiger partial charge in [0.15, 0.2) is 17.3 Å². The first-order chi connectivity index (χ1) is 17.0. The van der Waals surface area contributed by atoms with E-state index in [1.807, 2.05) is 30.3 Å². The molecule has 4 aromatic rings. The highest BCUT2D eigenvalue weighted by molar-refractivity contribution is 6.31. The van der Waals surface area contributed by atoms with E-state index < -0.39 is 5.91 Å². The van der Waals surface area contributed by atoms with Crippen LogP contribution in [0.2, 0.25) is 5.02 Å². The average molecular weight is 486 g/mol. The molecule has 1 fully saturated rings. The molecule has 176 valence electrons. The van der Waals surface area contributed by atoms with Gasteiger partial charge in [-0.05, 0) is 37.4 Å². The predicted molar refractivity (Wildman–Crippen MR) is 139 cm³/mol. The Bertz CT molecular complexity index is 1400. The zero-order valence-corrected chi connectivity index (χ0v) is 20.0. The van der Waals surface area contributed by atoms with Crippen LogP contribution in [-0.4, -0.2) is 59.8 Å². The van der Waals surface area contributed by atoms with Gasteiger partial charge in [-0.1, -0.05) is 54.1 Å². The maximum absolute atomic E-state index is 13.6. The lowest BCUT2D eigenvalue weighted by molar-refractivity contribution is 0.102. The third-order valence-corrected chi connectivity index (χ3v) is 6.32. The standard InChI is InChI=1S/C27H24ClN5O2/c1-32-13-15-33(16-14-32)26-24(29-22-9-5-6-10-23(22)30-26)27(35)31-21-12-11-19(28)17-20(21)25(34)18-7-3-2-4-8-18/h2-12,17H,13-16H2,1H3,(H,31,35). The van der Waals surface area contributed by atoms with Crippen LogP contribution >= 0.6 is 11.6 Å². The van der Waals surface area contributed by atoms with Gasteiger partial charge < -0.3 is 15.1 Å². The maximum Gasteiger partial charge on any atom is 0.278 e. The fourth-order valence-electron chi connectivity index (χ4n) is 4.12. The normalized spacial score (nSPS) is 14.2. The molecule has 2 heterocycles. The summed E-state index contributed by atoms with van der Waals surface area (Å²) in [5.41, 5.74) is 2.77. The van der Waals surface area contributed by atoms with Crippen LogP contribution in [-0.2, 0) is 0 Å². The molecular weight excluding hydrogens is 462 g/mol. The summed E-state index contributed by atoms with van der Waals surface area (Å²) in [6.45, 7) is 3.20. The molecule has 1 aromatic heterocycles. The van der Waals surface area contributed by atoms with Crippen molar-refractivity contribution in [1.82, 2.24) is 14.9 Å². The zero-order valence-electron chi connectivity index (χ0n) is 19.2. The molecule has 1 aliphatic heterocycles. The zero-order chi connectivity index (χ0) is 24.4. The summed E-state index contributed by atoms with van der Waals surface area (Å²) < 4.78 is 0. The summed E-state index contributed by atoms with van der Waals surface area (Å²) in [5, 5.41) is 3.31. The Balaban J connectivity index is 1.53. The topological polar surface area (TPSA) is 78.4 Å². The Kier molecular flexibility index (Phi) is 6.44. The number of benzene rings is 3. The third-order valence-electron chi connectivity index (χ3n) is 6.08. The summed E-state index contributed by atoms with van der Waals surface area (Å²) in [4.78, 5) is 40.6. The second-order valence-corrected chi connectivity index (χ2v) is 8.95. The Morgan fingerprint density at radius 3 is 2.23 bits per heavy atom. The molecule has 0 unspecified atom stereocenters. The number of carbonyl (C=O) groups is 2. The van der Waals surface area contributed by atoms with Crippen LogP contribution < -0.4 is 10.2 Å². The number of halogens is 1. The van der Waals surface area contributed by atoms with E-state index in [2.05, 4.69) is 27.1 Å². The van der Waals surface area contributed by atoms with Gasteiger partial charge in [-0.2, -0.15) is 0 Å². The first-order valence-corrected chi connectivity index (χ1v) is 11.8. The molecule has 3 aromatic carbocycles. The summed E-state index contributed by atoms with van der Waals surface area (Å²) in [6.07, 6.45) is 0. The van der Waals surface area contributed by atoms with Crippen LogP contribution in [0.1, 0.15) is 26.4 Å². The van der Waals surface area contributed by atoms with Crippen molar-refractivity contribution in [3.8, 4) is 0 Å². The number of amides is 1. The quantitative estimate of drug-likeness (QED) is 0.419. The second-order valence-electron chi connectivity index (χ2n) is 8.51. The van der Waals surface area contributed by atoms with Gasteiger partial charge in [-0.25, -0.2) is 9.97 Å². The number of ketones is 1. The second kappa shape index (κ2) is 9.82. The van der Waals surface area contributed by atoms with E-state index in [1.165, 1.54) is 0 Å². The molecule has 35 heavy (non-hydrogen) atoms. The van der Waals surface area contributed by atoms with Gasteiger partial charge in [-0.3, -0.25) is 9.59 Å². The molecule has 0 bridgehead atoms. The van der Waals surface area contributed by atoms with Crippen LogP contribution in [0.15, 0.2) is 72.8 Å². The predicted octanol–water partition coefficient (Wildman–Crippen LogP) is 4.52. The van der Waals surface area contributed by atoms with Crippen molar-refractivity contribution in [3.63, 3.8) is 0 Å². The molecule has 8 heteroatoms. The SMILES string of the molecule is CN1CCN(c2nc3ccccc3nc2C(=O)Nc2ccc(Cl)cc2C(=O)c2ccccc2)CC1. The molecule has 1 saturated heterocycles. The van der Waals surface area contributed by atoms with Crippen molar-refractivity contribution >= 4 is 45.8 Å².